The van der Waals surface area contributed by atoms with E-state index in [4.69, 9.17) is 0 Å². The maximum absolute atomic E-state index is 2.55. The Morgan fingerprint density at radius 3 is 1.03 bits per heavy atom. The molecule has 0 atom stereocenters. The zero-order valence-electron chi connectivity index (χ0n) is 26.4. The van der Waals surface area contributed by atoms with E-state index >= 15 is 0 Å². The number of rotatable bonds is 2. The molecule has 0 unspecified atom stereocenters. The normalized spacial score (nSPS) is 14.4. The topological polar surface area (TPSA) is 0 Å². The molecule has 0 bridgehead atoms. The summed E-state index contributed by atoms with van der Waals surface area (Å²) < 4.78 is 0. The zero-order valence-corrected chi connectivity index (χ0v) is 26.4. The minimum absolute atomic E-state index is 0.0643. The standard InChI is InChI=1S/C35H56/c1-30(2,3)23-18-19-25(31(4,5)6)26(20-23)35(16,17)24-21-27(32(7,8)9)29(34(13,14)15)28(22-24)33(10,11)12/h18-22H,1-17H3. The summed E-state index contributed by atoms with van der Waals surface area (Å²) in [6.07, 6.45) is 0. The lowest BCUT2D eigenvalue weighted by molar-refractivity contribution is 0.491. The van der Waals surface area contributed by atoms with Gasteiger partial charge >= 0.3 is 0 Å². The Morgan fingerprint density at radius 2 is 0.714 bits per heavy atom. The third kappa shape index (κ3) is 6.23. The molecular formula is C35H56. The van der Waals surface area contributed by atoms with Gasteiger partial charge in [-0.25, -0.2) is 0 Å². The molecule has 0 saturated heterocycles. The van der Waals surface area contributed by atoms with Crippen LogP contribution in [0.2, 0.25) is 0 Å². The van der Waals surface area contributed by atoms with Crippen LogP contribution in [0.15, 0.2) is 30.3 Å². The van der Waals surface area contributed by atoms with Crippen LogP contribution in [0.4, 0.5) is 0 Å². The average molecular weight is 477 g/mol. The van der Waals surface area contributed by atoms with E-state index in [0.29, 0.717) is 0 Å². The Bertz CT molecular complexity index is 1020. The molecule has 35 heavy (non-hydrogen) atoms. The highest BCUT2D eigenvalue weighted by Gasteiger charge is 2.37. The highest BCUT2D eigenvalue weighted by Crippen LogP contribution is 2.46. The van der Waals surface area contributed by atoms with Crippen molar-refractivity contribution in [1.29, 1.82) is 0 Å². The quantitative estimate of drug-likeness (QED) is 0.404. The Balaban J connectivity index is 3.06. The molecule has 0 aromatic heterocycles. The van der Waals surface area contributed by atoms with Crippen LogP contribution in [0.25, 0.3) is 0 Å². The van der Waals surface area contributed by atoms with Crippen LogP contribution < -0.4 is 0 Å². The molecule has 0 heterocycles. The Kier molecular flexibility index (Phi) is 7.44. The zero-order chi connectivity index (χ0) is 27.6. The van der Waals surface area contributed by atoms with Gasteiger partial charge in [0.05, 0.1) is 0 Å². The predicted octanol–water partition coefficient (Wildman–Crippen LogP) is 10.5. The summed E-state index contributed by atoms with van der Waals surface area (Å²) in [5, 5.41) is 0. The first kappa shape index (κ1) is 29.7. The van der Waals surface area contributed by atoms with E-state index in [0.717, 1.165) is 0 Å². The second kappa shape index (κ2) is 8.78. The lowest BCUT2D eigenvalue weighted by atomic mass is 9.64. The highest BCUT2D eigenvalue weighted by atomic mass is 14.4. The molecular weight excluding hydrogens is 420 g/mol. The van der Waals surface area contributed by atoms with Gasteiger partial charge in [0.2, 0.25) is 0 Å². The molecule has 0 aliphatic carbocycles. The molecule has 0 radical (unpaired) electrons. The third-order valence-electron chi connectivity index (χ3n) is 7.59. The first-order valence-corrected chi connectivity index (χ1v) is 13.6. The number of hydrogen-bond donors (Lipinski definition) is 0. The van der Waals surface area contributed by atoms with E-state index in [1.165, 1.54) is 38.9 Å². The van der Waals surface area contributed by atoms with E-state index in [9.17, 15) is 0 Å². The second-order valence-electron chi connectivity index (χ2n) is 16.6. The van der Waals surface area contributed by atoms with Crippen LogP contribution in [0, 0.1) is 0 Å². The maximum atomic E-state index is 2.55. The summed E-state index contributed by atoms with van der Waals surface area (Å²) in [4.78, 5) is 0. The van der Waals surface area contributed by atoms with Gasteiger partial charge in [-0.1, -0.05) is 148 Å². The minimum Gasteiger partial charge on any atom is -0.0582 e. The fourth-order valence-electron chi connectivity index (χ4n) is 5.33. The Morgan fingerprint density at radius 1 is 0.343 bits per heavy atom. The molecule has 0 nitrogen and oxygen atoms in total. The molecule has 0 spiro atoms. The van der Waals surface area contributed by atoms with Crippen molar-refractivity contribution >= 4 is 0 Å². The SMILES string of the molecule is CC(C)(C)c1ccc(C(C)(C)C)c(C(C)(C)c2cc(C(C)(C)C)c(C(C)(C)C)c(C(C)(C)C)c2)c1. The maximum Gasteiger partial charge on any atom is 0.0149 e. The lowest BCUT2D eigenvalue weighted by Gasteiger charge is -2.40. The van der Waals surface area contributed by atoms with Gasteiger partial charge in [0.15, 0.2) is 0 Å². The van der Waals surface area contributed by atoms with Gasteiger partial charge in [0.1, 0.15) is 0 Å². The van der Waals surface area contributed by atoms with Crippen molar-refractivity contribution < 1.29 is 0 Å². The van der Waals surface area contributed by atoms with Crippen LogP contribution in [0.3, 0.4) is 0 Å². The molecule has 2 aromatic rings. The largest absolute Gasteiger partial charge is 0.0582 e. The molecule has 2 aromatic carbocycles. The van der Waals surface area contributed by atoms with Gasteiger partial charge in [0, 0.05) is 5.41 Å². The van der Waals surface area contributed by atoms with E-state index in [-0.39, 0.29) is 32.5 Å². The smallest absolute Gasteiger partial charge is 0.0149 e. The van der Waals surface area contributed by atoms with Crippen molar-refractivity contribution in [3.05, 3.63) is 69.3 Å². The molecule has 0 saturated carbocycles. The van der Waals surface area contributed by atoms with Crippen molar-refractivity contribution in [3.63, 3.8) is 0 Å². The summed E-state index contributed by atoms with van der Waals surface area (Å²) >= 11 is 0. The second-order valence-corrected chi connectivity index (χ2v) is 16.6. The van der Waals surface area contributed by atoms with E-state index in [1.54, 1.807) is 0 Å². The van der Waals surface area contributed by atoms with Gasteiger partial charge in [-0.3, -0.25) is 0 Å². The van der Waals surface area contributed by atoms with Gasteiger partial charge < -0.3 is 0 Å². The van der Waals surface area contributed by atoms with E-state index < -0.39 is 0 Å². The molecule has 0 amide bonds. The van der Waals surface area contributed by atoms with Crippen molar-refractivity contribution in [3.8, 4) is 0 Å². The fourth-order valence-corrected chi connectivity index (χ4v) is 5.33. The van der Waals surface area contributed by atoms with Crippen molar-refractivity contribution in [2.45, 2.75) is 150 Å². The van der Waals surface area contributed by atoms with E-state index in [1.807, 2.05) is 0 Å². The number of hydrogen-bond acceptors (Lipinski definition) is 0. The van der Waals surface area contributed by atoms with Crippen molar-refractivity contribution in [2.24, 2.45) is 0 Å². The summed E-state index contributed by atoms with van der Waals surface area (Å²) in [6.45, 7) is 40.3. The first-order chi connectivity index (χ1) is 15.3. The third-order valence-corrected chi connectivity index (χ3v) is 7.59. The van der Waals surface area contributed by atoms with Crippen molar-refractivity contribution in [2.75, 3.05) is 0 Å². The molecule has 0 N–H and O–H groups in total. The Labute approximate surface area is 219 Å². The molecule has 2 rings (SSSR count). The molecule has 0 aliphatic heterocycles. The fraction of sp³-hybridized carbons (Fsp3) is 0.657. The molecule has 0 aliphatic rings. The predicted molar refractivity (Wildman–Crippen MR) is 159 cm³/mol. The highest BCUT2D eigenvalue weighted by molar-refractivity contribution is 5.55. The van der Waals surface area contributed by atoms with Gasteiger partial charge in [-0.05, 0) is 66.0 Å². The van der Waals surface area contributed by atoms with Crippen LogP contribution in [-0.4, -0.2) is 0 Å². The van der Waals surface area contributed by atoms with Gasteiger partial charge in [-0.15, -0.1) is 0 Å². The molecule has 0 heteroatoms. The minimum atomic E-state index is -0.125. The molecule has 0 fully saturated rings. The summed E-state index contributed by atoms with van der Waals surface area (Å²) in [6, 6.07) is 12.4. The van der Waals surface area contributed by atoms with Crippen LogP contribution >= 0.6 is 0 Å². The van der Waals surface area contributed by atoms with Gasteiger partial charge in [-0.2, -0.15) is 0 Å². The summed E-state index contributed by atoms with van der Waals surface area (Å²) in [5.41, 5.74) is 10.5. The van der Waals surface area contributed by atoms with Crippen molar-refractivity contribution in [1.82, 2.24) is 0 Å². The number of benzene rings is 2. The van der Waals surface area contributed by atoms with Crippen LogP contribution in [-0.2, 0) is 32.5 Å². The van der Waals surface area contributed by atoms with Crippen LogP contribution in [0.1, 0.15) is 157 Å². The molecule has 196 valence electrons. The van der Waals surface area contributed by atoms with Crippen LogP contribution in [0.5, 0.6) is 0 Å². The summed E-state index contributed by atoms with van der Waals surface area (Å²) in [7, 11) is 0. The Hall–Kier alpha value is -1.56. The van der Waals surface area contributed by atoms with Gasteiger partial charge in [0.25, 0.3) is 0 Å². The van der Waals surface area contributed by atoms with E-state index in [2.05, 4.69) is 148 Å². The average Bonchev–Trinajstić information content (AvgIpc) is 2.62. The first-order valence-electron chi connectivity index (χ1n) is 13.6. The lowest BCUT2D eigenvalue weighted by Crippen LogP contribution is -2.32. The summed E-state index contributed by atoms with van der Waals surface area (Å²) in [5.74, 6) is 0. The monoisotopic (exact) mass is 476 g/mol.